The van der Waals surface area contributed by atoms with Crippen LogP contribution in [0.15, 0.2) is 52.5 Å². The van der Waals surface area contributed by atoms with E-state index in [4.69, 9.17) is 4.74 Å². The third-order valence-electron chi connectivity index (χ3n) is 4.61. The lowest BCUT2D eigenvalue weighted by Gasteiger charge is -2.26. The zero-order valence-corrected chi connectivity index (χ0v) is 17.2. The Hall–Kier alpha value is -3.42. The number of rotatable bonds is 7. The number of benzene rings is 2. The minimum absolute atomic E-state index is 0.0125. The van der Waals surface area contributed by atoms with Crippen LogP contribution in [0.2, 0.25) is 0 Å². The van der Waals surface area contributed by atoms with Gasteiger partial charge in [0.05, 0.1) is 39.7 Å². The standard InChI is InChI=1S/C18H19N5O7S/c1-13(19-20-17-7-4-15(22(24)25)12-18(17)23(26)27)14-2-5-16(6-3-14)31(28,29)21-8-10-30-11-9-21/h2-7,12,20H,8-11H2,1H3/b19-13+. The van der Waals surface area contributed by atoms with Gasteiger partial charge in [0.25, 0.3) is 5.69 Å². The fourth-order valence-corrected chi connectivity index (χ4v) is 4.30. The molecule has 0 saturated carbocycles. The van der Waals surface area contributed by atoms with E-state index in [1.807, 2.05) is 0 Å². The van der Waals surface area contributed by atoms with E-state index in [2.05, 4.69) is 10.5 Å². The lowest BCUT2D eigenvalue weighted by atomic mass is 10.1. The van der Waals surface area contributed by atoms with E-state index in [0.717, 1.165) is 12.1 Å². The summed E-state index contributed by atoms with van der Waals surface area (Å²) in [6.07, 6.45) is 0. The molecular weight excluding hydrogens is 430 g/mol. The maximum absolute atomic E-state index is 12.7. The second-order valence-corrected chi connectivity index (χ2v) is 8.50. The van der Waals surface area contributed by atoms with E-state index in [9.17, 15) is 28.6 Å². The Kier molecular flexibility index (Phi) is 6.58. The Morgan fingerprint density at radius 3 is 2.29 bits per heavy atom. The monoisotopic (exact) mass is 449 g/mol. The van der Waals surface area contributed by atoms with Gasteiger partial charge in [-0.2, -0.15) is 9.41 Å². The van der Waals surface area contributed by atoms with Gasteiger partial charge in [-0.15, -0.1) is 0 Å². The lowest BCUT2D eigenvalue weighted by Crippen LogP contribution is -2.40. The largest absolute Gasteiger partial charge is 0.379 e. The third kappa shape index (κ3) is 5.02. The summed E-state index contributed by atoms with van der Waals surface area (Å²) >= 11 is 0. The van der Waals surface area contributed by atoms with Crippen molar-refractivity contribution in [3.8, 4) is 0 Å². The van der Waals surface area contributed by atoms with Crippen molar-refractivity contribution in [1.82, 2.24) is 4.31 Å². The van der Waals surface area contributed by atoms with E-state index >= 15 is 0 Å². The number of ether oxygens (including phenoxy) is 1. The Balaban J connectivity index is 1.78. The van der Waals surface area contributed by atoms with Crippen molar-refractivity contribution in [2.45, 2.75) is 11.8 Å². The van der Waals surface area contributed by atoms with Gasteiger partial charge in [-0.3, -0.25) is 25.7 Å². The Morgan fingerprint density at radius 1 is 1.06 bits per heavy atom. The van der Waals surface area contributed by atoms with Gasteiger partial charge >= 0.3 is 5.69 Å². The molecule has 0 unspecified atom stereocenters. The summed E-state index contributed by atoms with van der Waals surface area (Å²) in [6.45, 7) is 2.92. The molecule has 1 aliphatic rings. The van der Waals surface area contributed by atoms with Gasteiger partial charge in [0.15, 0.2) is 0 Å². The van der Waals surface area contributed by atoms with Crippen LogP contribution in [-0.4, -0.2) is 54.6 Å². The second-order valence-electron chi connectivity index (χ2n) is 6.57. The predicted octanol–water partition coefficient (Wildman–Crippen LogP) is 2.36. The molecule has 0 aromatic heterocycles. The molecule has 2 aromatic carbocycles. The summed E-state index contributed by atoms with van der Waals surface area (Å²) in [7, 11) is -3.62. The highest BCUT2D eigenvalue weighted by Gasteiger charge is 2.26. The van der Waals surface area contributed by atoms with Crippen LogP contribution in [0, 0.1) is 20.2 Å². The number of hydrazone groups is 1. The topological polar surface area (TPSA) is 157 Å². The van der Waals surface area contributed by atoms with Crippen LogP contribution in [0.5, 0.6) is 0 Å². The van der Waals surface area contributed by atoms with Gasteiger partial charge < -0.3 is 4.74 Å². The molecule has 0 spiro atoms. The molecule has 0 radical (unpaired) electrons. The van der Waals surface area contributed by atoms with Gasteiger partial charge in [0.1, 0.15) is 5.69 Å². The van der Waals surface area contributed by atoms with Gasteiger partial charge in [-0.1, -0.05) is 12.1 Å². The number of nitrogens with one attached hydrogen (secondary N) is 1. The maximum atomic E-state index is 12.7. The van der Waals surface area contributed by atoms with Gasteiger partial charge in [-0.25, -0.2) is 8.42 Å². The Labute approximate surface area is 177 Å². The fraction of sp³-hybridized carbons (Fsp3) is 0.278. The van der Waals surface area contributed by atoms with Crippen molar-refractivity contribution >= 4 is 32.8 Å². The van der Waals surface area contributed by atoms with E-state index < -0.39 is 31.2 Å². The molecule has 1 N–H and O–H groups in total. The van der Waals surface area contributed by atoms with Crippen molar-refractivity contribution in [2.75, 3.05) is 31.7 Å². The zero-order chi connectivity index (χ0) is 22.6. The molecule has 0 amide bonds. The van der Waals surface area contributed by atoms with Crippen LogP contribution >= 0.6 is 0 Å². The molecule has 13 heteroatoms. The molecule has 0 aliphatic carbocycles. The SMILES string of the molecule is C/C(=N\Nc1ccc([N+](=O)[O-])cc1[N+](=O)[O-])c1ccc(S(=O)(=O)N2CCOCC2)cc1. The maximum Gasteiger partial charge on any atom is 0.301 e. The summed E-state index contributed by atoms with van der Waals surface area (Å²) in [5.41, 5.74) is 2.66. The van der Waals surface area contributed by atoms with Gasteiger partial charge in [0, 0.05) is 19.2 Å². The number of anilines is 1. The minimum atomic E-state index is -3.62. The number of sulfonamides is 1. The first-order valence-corrected chi connectivity index (χ1v) is 10.6. The van der Waals surface area contributed by atoms with Gasteiger partial charge in [-0.05, 0) is 30.7 Å². The van der Waals surface area contributed by atoms with Crippen LogP contribution in [0.1, 0.15) is 12.5 Å². The molecule has 1 fully saturated rings. The molecule has 1 heterocycles. The molecule has 0 bridgehead atoms. The van der Waals surface area contributed by atoms with Crippen molar-refractivity contribution in [1.29, 1.82) is 0 Å². The number of non-ortho nitro benzene ring substituents is 1. The molecule has 0 atom stereocenters. The third-order valence-corrected chi connectivity index (χ3v) is 6.53. The van der Waals surface area contributed by atoms with Crippen molar-refractivity contribution < 1.29 is 23.0 Å². The Bertz CT molecular complexity index is 1130. The highest BCUT2D eigenvalue weighted by molar-refractivity contribution is 7.89. The van der Waals surface area contributed by atoms with Gasteiger partial charge in [0.2, 0.25) is 10.0 Å². The molecule has 12 nitrogen and oxygen atoms in total. The van der Waals surface area contributed by atoms with Crippen LogP contribution in [0.4, 0.5) is 17.1 Å². The minimum Gasteiger partial charge on any atom is -0.379 e. The van der Waals surface area contributed by atoms with E-state index in [-0.39, 0.29) is 10.6 Å². The van der Waals surface area contributed by atoms with Crippen molar-refractivity contribution in [3.63, 3.8) is 0 Å². The first-order valence-electron chi connectivity index (χ1n) is 9.11. The number of morpholine rings is 1. The summed E-state index contributed by atoms with van der Waals surface area (Å²) in [4.78, 5) is 20.7. The van der Waals surface area contributed by atoms with E-state index in [1.165, 1.54) is 22.5 Å². The van der Waals surface area contributed by atoms with Crippen molar-refractivity contribution in [3.05, 3.63) is 68.3 Å². The second kappa shape index (κ2) is 9.16. The highest BCUT2D eigenvalue weighted by atomic mass is 32.2. The normalized spacial score (nSPS) is 15.5. The molecule has 1 saturated heterocycles. The quantitative estimate of drug-likeness (QED) is 0.383. The first kappa shape index (κ1) is 22.3. The number of hydrogen-bond donors (Lipinski definition) is 1. The molecule has 164 valence electrons. The number of hydrogen-bond acceptors (Lipinski definition) is 9. The average Bonchev–Trinajstić information content (AvgIpc) is 2.77. The molecule has 2 aromatic rings. The van der Waals surface area contributed by atoms with E-state index in [0.29, 0.717) is 37.6 Å². The average molecular weight is 449 g/mol. The van der Waals surface area contributed by atoms with E-state index in [1.54, 1.807) is 19.1 Å². The summed E-state index contributed by atoms with van der Waals surface area (Å²) in [5, 5.41) is 26.1. The van der Waals surface area contributed by atoms with Crippen LogP contribution in [-0.2, 0) is 14.8 Å². The number of nitrogens with zero attached hydrogens (tertiary/aromatic N) is 4. The summed E-state index contributed by atoms with van der Waals surface area (Å²) in [5.74, 6) is 0. The summed E-state index contributed by atoms with van der Waals surface area (Å²) in [6, 6.07) is 9.27. The highest BCUT2D eigenvalue weighted by Crippen LogP contribution is 2.29. The molecular formula is C18H19N5O7S. The Morgan fingerprint density at radius 2 is 1.71 bits per heavy atom. The van der Waals surface area contributed by atoms with Crippen LogP contribution in [0.25, 0.3) is 0 Å². The van der Waals surface area contributed by atoms with Crippen LogP contribution in [0.3, 0.4) is 0 Å². The van der Waals surface area contributed by atoms with Crippen molar-refractivity contribution in [2.24, 2.45) is 5.10 Å². The fourth-order valence-electron chi connectivity index (χ4n) is 2.89. The first-order chi connectivity index (χ1) is 14.7. The smallest absolute Gasteiger partial charge is 0.301 e. The van der Waals surface area contributed by atoms with Crippen LogP contribution < -0.4 is 5.43 Å². The number of nitro groups is 2. The lowest BCUT2D eigenvalue weighted by molar-refractivity contribution is -0.393. The molecule has 31 heavy (non-hydrogen) atoms. The summed E-state index contributed by atoms with van der Waals surface area (Å²) < 4.78 is 31.9. The predicted molar refractivity (Wildman–Crippen MR) is 112 cm³/mol. The molecule has 1 aliphatic heterocycles. The zero-order valence-electron chi connectivity index (χ0n) is 16.4. The molecule has 3 rings (SSSR count). The number of nitro benzene ring substituents is 2.